The Bertz CT molecular complexity index is 1530. The predicted molar refractivity (Wildman–Crippen MR) is 148 cm³/mol. The molecule has 1 aromatic heterocycles. The van der Waals surface area contributed by atoms with Gasteiger partial charge in [-0.3, -0.25) is 14.7 Å². The van der Waals surface area contributed by atoms with Crippen LogP contribution in [0.4, 0.5) is 0 Å². The highest BCUT2D eigenvalue weighted by atomic mass is 32.2. The smallest absolute Gasteiger partial charge is 0.324 e. The van der Waals surface area contributed by atoms with Crippen LogP contribution < -0.4 is 9.46 Å². The Morgan fingerprint density at radius 3 is 2.38 bits per heavy atom. The van der Waals surface area contributed by atoms with E-state index in [1.54, 1.807) is 17.0 Å². The number of rotatable bonds is 10. The largest absolute Gasteiger partial charge is 0.489 e. The Labute approximate surface area is 229 Å². The van der Waals surface area contributed by atoms with Crippen LogP contribution in [0.25, 0.3) is 10.9 Å². The molecule has 0 bridgehead atoms. The number of hydrogen-bond donors (Lipinski definition) is 1. The molecule has 2 heterocycles. The number of carbonyl (C=O) groups excluding carboxylic acids is 1. The number of ether oxygens (including phenoxy) is 2. The summed E-state index contributed by atoms with van der Waals surface area (Å²) in [6.45, 7) is 2.70. The molecular formula is C27H33N3O7S2. The van der Waals surface area contributed by atoms with Crippen molar-refractivity contribution < 1.29 is 31.1 Å². The van der Waals surface area contributed by atoms with Gasteiger partial charge >= 0.3 is 5.97 Å². The molecule has 10 nitrogen and oxygen atoms in total. The van der Waals surface area contributed by atoms with Crippen molar-refractivity contribution in [3.05, 3.63) is 65.9 Å². The van der Waals surface area contributed by atoms with Gasteiger partial charge in [-0.2, -0.15) is 0 Å². The lowest BCUT2D eigenvalue weighted by Gasteiger charge is -2.35. The fraction of sp³-hybridized carbons (Fsp3) is 0.407. The van der Waals surface area contributed by atoms with Crippen LogP contribution in [-0.2, 0) is 36.0 Å². The van der Waals surface area contributed by atoms with Gasteiger partial charge in [-0.25, -0.2) is 21.6 Å². The minimum Gasteiger partial charge on any atom is -0.489 e. The number of fused-ring (bicyclic) bond motifs is 1. The Morgan fingerprint density at radius 1 is 1.08 bits per heavy atom. The minimum absolute atomic E-state index is 0.0273. The fourth-order valence-electron chi connectivity index (χ4n) is 4.78. The topological polar surface area (TPSA) is 132 Å². The highest BCUT2D eigenvalue weighted by Crippen LogP contribution is 2.23. The Balaban J connectivity index is 1.39. The van der Waals surface area contributed by atoms with E-state index in [1.165, 1.54) is 25.5 Å². The van der Waals surface area contributed by atoms with Gasteiger partial charge in [-0.05, 0) is 56.2 Å². The number of pyridine rings is 1. The van der Waals surface area contributed by atoms with Crippen LogP contribution in [0.3, 0.4) is 0 Å². The number of nitrogens with zero attached hydrogens (tertiary/aromatic N) is 2. The van der Waals surface area contributed by atoms with E-state index in [1.807, 2.05) is 37.3 Å². The second kappa shape index (κ2) is 12.0. The van der Waals surface area contributed by atoms with Crippen LogP contribution >= 0.6 is 0 Å². The molecule has 0 radical (unpaired) electrons. The number of para-hydroxylation sites is 1. The van der Waals surface area contributed by atoms with Crippen LogP contribution in [0.2, 0.25) is 0 Å². The van der Waals surface area contributed by atoms with Crippen molar-refractivity contribution in [3.8, 4) is 5.75 Å². The zero-order valence-electron chi connectivity index (χ0n) is 22.2. The van der Waals surface area contributed by atoms with Gasteiger partial charge in [-0.1, -0.05) is 18.2 Å². The lowest BCUT2D eigenvalue weighted by molar-refractivity contribution is -0.147. The van der Waals surface area contributed by atoms with Crippen molar-refractivity contribution in [2.45, 2.75) is 42.6 Å². The summed E-state index contributed by atoms with van der Waals surface area (Å²) in [5.41, 5.74) is 2.74. The molecule has 4 rings (SSSR count). The van der Waals surface area contributed by atoms with Gasteiger partial charge in [0, 0.05) is 42.5 Å². The Hall–Kier alpha value is -3.06. The maximum Gasteiger partial charge on any atom is 0.324 e. The Kier molecular flexibility index (Phi) is 8.90. The molecule has 0 spiro atoms. The van der Waals surface area contributed by atoms with Gasteiger partial charge in [0.2, 0.25) is 10.0 Å². The number of methoxy groups -OCH3 is 1. The first-order valence-electron chi connectivity index (χ1n) is 12.6. The van der Waals surface area contributed by atoms with Crippen molar-refractivity contribution in [1.82, 2.24) is 14.6 Å². The van der Waals surface area contributed by atoms with E-state index in [2.05, 4.69) is 9.71 Å². The van der Waals surface area contributed by atoms with Crippen LogP contribution in [0.15, 0.2) is 59.5 Å². The van der Waals surface area contributed by atoms with Gasteiger partial charge in [-0.15, -0.1) is 0 Å². The molecule has 1 atom stereocenters. The first-order chi connectivity index (χ1) is 18.5. The number of piperidine rings is 1. The van der Waals surface area contributed by atoms with Gasteiger partial charge in [0.1, 0.15) is 28.2 Å². The number of carbonyl (C=O) groups is 1. The Morgan fingerprint density at radius 2 is 1.74 bits per heavy atom. The average Bonchev–Trinajstić information content (AvgIpc) is 2.91. The van der Waals surface area contributed by atoms with Crippen molar-refractivity contribution in [2.24, 2.45) is 0 Å². The van der Waals surface area contributed by atoms with Gasteiger partial charge in [0.25, 0.3) is 0 Å². The van der Waals surface area contributed by atoms with E-state index in [0.29, 0.717) is 38.3 Å². The monoisotopic (exact) mass is 575 g/mol. The fourth-order valence-corrected chi connectivity index (χ4v) is 6.88. The van der Waals surface area contributed by atoms with Gasteiger partial charge < -0.3 is 9.47 Å². The summed E-state index contributed by atoms with van der Waals surface area (Å²) in [6.07, 6.45) is 1.95. The quantitative estimate of drug-likeness (QED) is 0.362. The normalized spacial score (nSPS) is 16.2. The second-order valence-electron chi connectivity index (χ2n) is 9.66. The number of esters is 1. The summed E-state index contributed by atoms with van der Waals surface area (Å²) in [5, 5.41) is 0.526. The van der Waals surface area contributed by atoms with E-state index in [0.717, 1.165) is 22.2 Å². The average molecular weight is 576 g/mol. The molecule has 3 aromatic rings. The lowest BCUT2D eigenvalue weighted by atomic mass is 10.1. The molecule has 1 saturated heterocycles. The van der Waals surface area contributed by atoms with Crippen molar-refractivity contribution in [2.75, 3.05) is 33.0 Å². The lowest BCUT2D eigenvalue weighted by Crippen LogP contribution is -2.52. The molecule has 1 fully saturated rings. The maximum absolute atomic E-state index is 13.0. The maximum atomic E-state index is 13.0. The van der Waals surface area contributed by atoms with Crippen LogP contribution in [-0.4, -0.2) is 77.0 Å². The predicted octanol–water partition coefficient (Wildman–Crippen LogP) is 2.45. The molecule has 0 amide bonds. The molecule has 210 valence electrons. The minimum atomic E-state index is -3.93. The number of sulfonamides is 1. The van der Waals surface area contributed by atoms with Crippen LogP contribution in [0.1, 0.15) is 24.1 Å². The SMILES string of the molecule is COC(=O)[C@H](CNS(=O)(=O)c1ccc(OCc2cc(C)nc3ccccc23)cc1)N1CCC(S(C)(=O)=O)CC1. The summed E-state index contributed by atoms with van der Waals surface area (Å²) in [7, 11) is -5.87. The number of sulfone groups is 1. The third-order valence-electron chi connectivity index (χ3n) is 6.92. The van der Waals surface area contributed by atoms with Crippen LogP contribution in [0, 0.1) is 6.92 Å². The number of hydrogen-bond acceptors (Lipinski definition) is 9. The zero-order chi connectivity index (χ0) is 28.2. The summed E-state index contributed by atoms with van der Waals surface area (Å²) < 4.78 is 63.0. The van der Waals surface area contributed by atoms with E-state index < -0.39 is 37.1 Å². The molecule has 1 N–H and O–H groups in total. The molecule has 0 unspecified atom stereocenters. The first kappa shape index (κ1) is 28.9. The summed E-state index contributed by atoms with van der Waals surface area (Å²) in [6, 6.07) is 14.9. The number of aryl methyl sites for hydroxylation is 1. The van der Waals surface area contributed by atoms with Crippen molar-refractivity contribution in [3.63, 3.8) is 0 Å². The van der Waals surface area contributed by atoms with Crippen LogP contribution in [0.5, 0.6) is 5.75 Å². The molecular weight excluding hydrogens is 542 g/mol. The van der Waals surface area contributed by atoms with E-state index in [4.69, 9.17) is 9.47 Å². The highest BCUT2D eigenvalue weighted by molar-refractivity contribution is 7.91. The number of benzene rings is 2. The standard InChI is InChI=1S/C27H33N3O7S2/c1-19-16-20(24-6-4-5-7-25(24)29-19)18-37-21-8-10-23(11-9-21)39(34,35)28-17-26(27(31)36-2)30-14-12-22(13-15-30)38(3,32)33/h4-11,16,22,26,28H,12-15,17-18H2,1-3H3/t26-/m0/s1. The molecule has 39 heavy (non-hydrogen) atoms. The molecule has 1 aliphatic heterocycles. The highest BCUT2D eigenvalue weighted by Gasteiger charge is 2.34. The molecule has 12 heteroatoms. The number of aromatic nitrogens is 1. The molecule has 1 aliphatic rings. The molecule has 2 aromatic carbocycles. The third-order valence-corrected chi connectivity index (χ3v) is 10.0. The van der Waals surface area contributed by atoms with Gasteiger partial charge in [0.15, 0.2) is 0 Å². The molecule has 0 saturated carbocycles. The first-order valence-corrected chi connectivity index (χ1v) is 16.0. The van der Waals surface area contributed by atoms with Crippen molar-refractivity contribution in [1.29, 1.82) is 0 Å². The second-order valence-corrected chi connectivity index (χ2v) is 13.7. The van der Waals surface area contributed by atoms with Crippen molar-refractivity contribution >= 4 is 36.7 Å². The number of likely N-dealkylation sites (tertiary alicyclic amines) is 1. The summed E-state index contributed by atoms with van der Waals surface area (Å²) >= 11 is 0. The third kappa shape index (κ3) is 7.13. The van der Waals surface area contributed by atoms with E-state index >= 15 is 0 Å². The summed E-state index contributed by atoms with van der Waals surface area (Å²) in [5.74, 6) is -0.0770. The van der Waals surface area contributed by atoms with E-state index in [-0.39, 0.29) is 11.4 Å². The van der Waals surface area contributed by atoms with Gasteiger partial charge in [0.05, 0.1) is 22.8 Å². The number of nitrogens with one attached hydrogen (secondary N) is 1. The zero-order valence-corrected chi connectivity index (χ0v) is 23.8. The van der Waals surface area contributed by atoms with E-state index in [9.17, 15) is 21.6 Å². The molecule has 0 aliphatic carbocycles. The summed E-state index contributed by atoms with van der Waals surface area (Å²) in [4.78, 5) is 18.8.